The average Bonchev–Trinajstić information content (AvgIpc) is 2.75. The van der Waals surface area contributed by atoms with Crippen LogP contribution in [-0.2, 0) is 6.54 Å². The van der Waals surface area contributed by atoms with Crippen molar-refractivity contribution in [2.45, 2.75) is 33.4 Å². The monoisotopic (exact) mass is 249 g/mol. The smallest absolute Gasteiger partial charge is 0.126 e. The van der Waals surface area contributed by atoms with Crippen LogP contribution >= 0.6 is 0 Å². The summed E-state index contributed by atoms with van der Waals surface area (Å²) in [6, 6.07) is 5.30. The van der Waals surface area contributed by atoms with Gasteiger partial charge in [-0.3, -0.25) is 0 Å². The lowest BCUT2D eigenvalue weighted by molar-refractivity contribution is 0.300. The lowest BCUT2D eigenvalue weighted by Crippen LogP contribution is -2.19. The van der Waals surface area contributed by atoms with Crippen molar-refractivity contribution >= 4 is 0 Å². The molecule has 96 valence electrons. The SMILES string of the molecule is Cc1ccc(C(C)NCc2nonc2C)cc1F. The maximum absolute atomic E-state index is 13.5. The van der Waals surface area contributed by atoms with Crippen LogP contribution in [0.1, 0.15) is 35.5 Å². The number of rotatable bonds is 4. The molecule has 1 atom stereocenters. The molecule has 2 rings (SSSR count). The fourth-order valence-electron chi connectivity index (χ4n) is 1.66. The molecule has 0 amide bonds. The van der Waals surface area contributed by atoms with E-state index in [-0.39, 0.29) is 11.9 Å². The number of benzene rings is 1. The van der Waals surface area contributed by atoms with Gasteiger partial charge in [-0.05, 0) is 38.0 Å². The van der Waals surface area contributed by atoms with Crippen LogP contribution in [0.25, 0.3) is 0 Å². The highest BCUT2D eigenvalue weighted by molar-refractivity contribution is 5.25. The zero-order valence-electron chi connectivity index (χ0n) is 10.7. The topological polar surface area (TPSA) is 51.0 Å². The highest BCUT2D eigenvalue weighted by Crippen LogP contribution is 2.16. The first kappa shape index (κ1) is 12.7. The number of halogens is 1. The molecule has 0 saturated heterocycles. The molecule has 1 N–H and O–H groups in total. The third-order valence-electron chi connectivity index (χ3n) is 3.02. The van der Waals surface area contributed by atoms with E-state index in [9.17, 15) is 4.39 Å². The van der Waals surface area contributed by atoms with E-state index in [0.29, 0.717) is 12.1 Å². The maximum Gasteiger partial charge on any atom is 0.126 e. The van der Waals surface area contributed by atoms with Gasteiger partial charge in [0.1, 0.15) is 17.2 Å². The third kappa shape index (κ3) is 2.73. The summed E-state index contributed by atoms with van der Waals surface area (Å²) in [4.78, 5) is 0. The molecule has 0 fully saturated rings. The van der Waals surface area contributed by atoms with Crippen LogP contribution in [0.5, 0.6) is 0 Å². The summed E-state index contributed by atoms with van der Waals surface area (Å²) in [6.07, 6.45) is 0. The van der Waals surface area contributed by atoms with Gasteiger partial charge >= 0.3 is 0 Å². The van der Waals surface area contributed by atoms with Crippen molar-refractivity contribution in [2.24, 2.45) is 0 Å². The number of hydrogen-bond donors (Lipinski definition) is 1. The summed E-state index contributed by atoms with van der Waals surface area (Å²) in [6.45, 7) is 6.12. The fraction of sp³-hybridized carbons (Fsp3) is 0.385. The lowest BCUT2D eigenvalue weighted by atomic mass is 10.1. The number of hydrogen-bond acceptors (Lipinski definition) is 4. The van der Waals surface area contributed by atoms with Gasteiger partial charge in [-0.15, -0.1) is 0 Å². The molecule has 1 aromatic heterocycles. The molecular weight excluding hydrogens is 233 g/mol. The predicted octanol–water partition coefficient (Wildman–Crippen LogP) is 2.68. The fourth-order valence-corrected chi connectivity index (χ4v) is 1.66. The van der Waals surface area contributed by atoms with Crippen LogP contribution in [0, 0.1) is 19.7 Å². The Bertz CT molecular complexity index is 539. The Morgan fingerprint density at radius 1 is 1.33 bits per heavy atom. The first-order valence-corrected chi connectivity index (χ1v) is 5.85. The van der Waals surface area contributed by atoms with E-state index < -0.39 is 0 Å². The van der Waals surface area contributed by atoms with Gasteiger partial charge in [0.05, 0.1) is 0 Å². The molecule has 5 heteroatoms. The van der Waals surface area contributed by atoms with E-state index in [0.717, 1.165) is 17.0 Å². The van der Waals surface area contributed by atoms with Gasteiger partial charge in [0.2, 0.25) is 0 Å². The average molecular weight is 249 g/mol. The van der Waals surface area contributed by atoms with Crippen molar-refractivity contribution in [3.8, 4) is 0 Å². The molecule has 4 nitrogen and oxygen atoms in total. The molecule has 1 unspecified atom stereocenters. The molecule has 1 heterocycles. The van der Waals surface area contributed by atoms with E-state index in [4.69, 9.17) is 0 Å². The molecule has 18 heavy (non-hydrogen) atoms. The van der Waals surface area contributed by atoms with Crippen LogP contribution < -0.4 is 5.32 Å². The second-order valence-electron chi connectivity index (χ2n) is 4.41. The summed E-state index contributed by atoms with van der Waals surface area (Å²) in [5.41, 5.74) is 3.11. The second kappa shape index (κ2) is 5.27. The van der Waals surface area contributed by atoms with Crippen molar-refractivity contribution in [3.05, 3.63) is 46.5 Å². The van der Waals surface area contributed by atoms with Crippen molar-refractivity contribution < 1.29 is 9.02 Å². The Kier molecular flexibility index (Phi) is 3.72. The predicted molar refractivity (Wildman–Crippen MR) is 65.4 cm³/mol. The highest BCUT2D eigenvalue weighted by atomic mass is 19.1. The van der Waals surface area contributed by atoms with E-state index in [1.807, 2.05) is 19.9 Å². The van der Waals surface area contributed by atoms with E-state index in [1.54, 1.807) is 19.1 Å². The highest BCUT2D eigenvalue weighted by Gasteiger charge is 2.10. The van der Waals surface area contributed by atoms with Gasteiger partial charge in [0.15, 0.2) is 0 Å². The number of nitrogens with one attached hydrogen (secondary N) is 1. The Morgan fingerprint density at radius 3 is 2.72 bits per heavy atom. The van der Waals surface area contributed by atoms with Crippen LogP contribution in [0.4, 0.5) is 4.39 Å². The normalized spacial score (nSPS) is 12.7. The van der Waals surface area contributed by atoms with Gasteiger partial charge in [-0.1, -0.05) is 22.4 Å². The van der Waals surface area contributed by atoms with Crippen molar-refractivity contribution in [1.82, 2.24) is 15.6 Å². The van der Waals surface area contributed by atoms with E-state index in [1.165, 1.54) is 0 Å². The van der Waals surface area contributed by atoms with Crippen molar-refractivity contribution in [1.29, 1.82) is 0 Å². The largest absolute Gasteiger partial charge is 0.304 e. The summed E-state index contributed by atoms with van der Waals surface area (Å²) < 4.78 is 18.1. The third-order valence-corrected chi connectivity index (χ3v) is 3.02. The Morgan fingerprint density at radius 2 is 2.11 bits per heavy atom. The maximum atomic E-state index is 13.5. The van der Waals surface area contributed by atoms with Crippen LogP contribution in [0.3, 0.4) is 0 Å². The summed E-state index contributed by atoms with van der Waals surface area (Å²) in [7, 11) is 0. The van der Waals surface area contributed by atoms with Crippen LogP contribution in [0.15, 0.2) is 22.8 Å². The minimum atomic E-state index is -0.180. The molecule has 0 spiro atoms. The number of aromatic nitrogens is 2. The molecule has 0 aliphatic carbocycles. The van der Waals surface area contributed by atoms with Crippen molar-refractivity contribution in [3.63, 3.8) is 0 Å². The Labute approximate surface area is 105 Å². The van der Waals surface area contributed by atoms with Gasteiger partial charge in [0.25, 0.3) is 0 Å². The number of aryl methyl sites for hydroxylation is 2. The van der Waals surface area contributed by atoms with Crippen molar-refractivity contribution in [2.75, 3.05) is 0 Å². The van der Waals surface area contributed by atoms with Gasteiger partial charge in [-0.25, -0.2) is 9.02 Å². The quantitative estimate of drug-likeness (QED) is 0.905. The van der Waals surface area contributed by atoms with Gasteiger partial charge in [-0.2, -0.15) is 0 Å². The molecule has 0 aliphatic heterocycles. The van der Waals surface area contributed by atoms with E-state index >= 15 is 0 Å². The molecular formula is C13H16FN3O. The summed E-state index contributed by atoms with van der Waals surface area (Å²) in [5.74, 6) is -0.180. The zero-order chi connectivity index (χ0) is 13.1. The van der Waals surface area contributed by atoms with Crippen LogP contribution in [0.2, 0.25) is 0 Å². The second-order valence-corrected chi connectivity index (χ2v) is 4.41. The molecule has 0 saturated carbocycles. The van der Waals surface area contributed by atoms with Crippen LogP contribution in [-0.4, -0.2) is 10.3 Å². The molecule has 0 aliphatic rings. The standard InChI is InChI=1S/C13H16FN3O/c1-8-4-5-11(6-12(8)14)9(2)15-7-13-10(3)16-18-17-13/h4-6,9,15H,7H2,1-3H3. The van der Waals surface area contributed by atoms with Gasteiger partial charge < -0.3 is 5.32 Å². The minimum absolute atomic E-state index is 0.0381. The minimum Gasteiger partial charge on any atom is -0.304 e. The molecule has 0 radical (unpaired) electrons. The first-order chi connectivity index (χ1) is 8.58. The Balaban J connectivity index is 2.01. The first-order valence-electron chi connectivity index (χ1n) is 5.85. The lowest BCUT2D eigenvalue weighted by Gasteiger charge is -2.13. The summed E-state index contributed by atoms with van der Waals surface area (Å²) in [5, 5.41) is 10.8. The zero-order valence-corrected chi connectivity index (χ0v) is 10.7. The van der Waals surface area contributed by atoms with Gasteiger partial charge in [0, 0.05) is 12.6 Å². The molecule has 1 aromatic carbocycles. The summed E-state index contributed by atoms with van der Waals surface area (Å²) >= 11 is 0. The molecule has 2 aromatic rings. The Hall–Kier alpha value is -1.75. The number of nitrogens with zero attached hydrogens (tertiary/aromatic N) is 2. The van der Waals surface area contributed by atoms with E-state index in [2.05, 4.69) is 20.3 Å². The molecule has 0 bridgehead atoms.